The van der Waals surface area contributed by atoms with Crippen molar-refractivity contribution in [2.24, 2.45) is 5.73 Å². The van der Waals surface area contributed by atoms with Crippen LogP contribution >= 0.6 is 0 Å². The van der Waals surface area contributed by atoms with Crippen LogP contribution in [-0.4, -0.2) is 30.7 Å². The molecule has 112 valence electrons. The van der Waals surface area contributed by atoms with Crippen molar-refractivity contribution in [3.8, 4) is 0 Å². The average Bonchev–Trinajstić information content (AvgIpc) is 2.35. The summed E-state index contributed by atoms with van der Waals surface area (Å²) in [6.45, 7) is 3.38. The van der Waals surface area contributed by atoms with Crippen LogP contribution in [0.3, 0.4) is 0 Å². The van der Waals surface area contributed by atoms with Gasteiger partial charge in [0.2, 0.25) is 0 Å². The van der Waals surface area contributed by atoms with Gasteiger partial charge in [-0.25, -0.2) is 13.6 Å². The van der Waals surface area contributed by atoms with E-state index in [1.807, 2.05) is 0 Å². The summed E-state index contributed by atoms with van der Waals surface area (Å²) < 4.78 is 32.2. The number of nitrogens with zero attached hydrogens (tertiary/aromatic N) is 1. The number of anilines is 1. The lowest BCUT2D eigenvalue weighted by atomic mass is 10.2. The first kappa shape index (κ1) is 16.4. The Morgan fingerprint density at radius 3 is 2.25 bits per heavy atom. The number of carbonyl (C=O) groups excluding carboxylic acids is 1. The van der Waals surface area contributed by atoms with Crippen LogP contribution in [0.4, 0.5) is 19.3 Å². The number of halogens is 2. The van der Waals surface area contributed by atoms with Crippen molar-refractivity contribution in [2.45, 2.75) is 32.3 Å². The first-order valence-corrected chi connectivity index (χ1v) is 6.28. The molecule has 0 radical (unpaired) electrons. The van der Waals surface area contributed by atoms with Crippen molar-refractivity contribution in [3.63, 3.8) is 0 Å². The molecule has 0 aromatic heterocycles. The highest BCUT2D eigenvalue weighted by Crippen LogP contribution is 2.22. The zero-order valence-corrected chi connectivity index (χ0v) is 11.9. The monoisotopic (exact) mass is 286 g/mol. The fourth-order valence-electron chi connectivity index (χ4n) is 1.48. The maximum absolute atomic E-state index is 13.5. The number of rotatable bonds is 4. The van der Waals surface area contributed by atoms with Gasteiger partial charge in [-0.2, -0.15) is 0 Å². The van der Waals surface area contributed by atoms with Gasteiger partial charge in [0.05, 0.1) is 13.1 Å². The summed E-state index contributed by atoms with van der Waals surface area (Å²) in [6, 6.07) is 8.19. The molecule has 0 aliphatic heterocycles. The van der Waals surface area contributed by atoms with E-state index in [4.69, 9.17) is 10.5 Å². The third-order valence-corrected chi connectivity index (χ3v) is 2.37. The first-order valence-electron chi connectivity index (χ1n) is 6.28. The number of carbonyl (C=O) groups is 1. The Morgan fingerprint density at radius 1 is 1.25 bits per heavy atom. The molecule has 20 heavy (non-hydrogen) atoms. The van der Waals surface area contributed by atoms with Crippen molar-refractivity contribution in [1.82, 2.24) is 0 Å². The minimum atomic E-state index is -3.17. The molecule has 1 rings (SSSR count). The van der Waals surface area contributed by atoms with Gasteiger partial charge in [-0.15, -0.1) is 0 Å². The number of para-hydroxylation sites is 1. The molecule has 4 nitrogen and oxygen atoms in total. The second-order valence-electron chi connectivity index (χ2n) is 5.46. The average molecular weight is 286 g/mol. The molecular weight excluding hydrogens is 266 g/mol. The molecule has 1 aromatic rings. The van der Waals surface area contributed by atoms with E-state index in [0.717, 1.165) is 4.90 Å². The van der Waals surface area contributed by atoms with E-state index in [9.17, 15) is 13.6 Å². The quantitative estimate of drug-likeness (QED) is 0.925. The molecule has 0 saturated heterocycles. The van der Waals surface area contributed by atoms with Gasteiger partial charge in [0, 0.05) is 5.69 Å². The molecule has 0 aliphatic carbocycles. The fraction of sp³-hybridized carbons (Fsp3) is 0.500. The van der Waals surface area contributed by atoms with Crippen LogP contribution in [0.1, 0.15) is 20.8 Å². The molecule has 1 aromatic carbocycles. The van der Waals surface area contributed by atoms with Gasteiger partial charge in [0.25, 0.3) is 5.92 Å². The maximum atomic E-state index is 13.5. The van der Waals surface area contributed by atoms with Crippen LogP contribution in [0.2, 0.25) is 0 Å². The van der Waals surface area contributed by atoms with Crippen molar-refractivity contribution >= 4 is 11.8 Å². The van der Waals surface area contributed by atoms with E-state index in [-0.39, 0.29) is 0 Å². The highest BCUT2D eigenvalue weighted by molar-refractivity contribution is 5.88. The minimum absolute atomic E-state index is 0.342. The van der Waals surface area contributed by atoms with Crippen molar-refractivity contribution < 1.29 is 18.3 Å². The Morgan fingerprint density at radius 2 is 1.80 bits per heavy atom. The standard InChI is InChI=1S/C14H20F2N2O2/c1-13(2,3)20-12(19)18(10-14(15,16)9-17)11-7-5-4-6-8-11/h4-8H,9-10,17H2,1-3H3. The smallest absolute Gasteiger partial charge is 0.415 e. The molecule has 0 bridgehead atoms. The third kappa shape index (κ3) is 5.13. The Hall–Kier alpha value is -1.69. The van der Waals surface area contributed by atoms with E-state index in [0.29, 0.717) is 5.69 Å². The summed E-state index contributed by atoms with van der Waals surface area (Å²) in [5, 5.41) is 0. The molecule has 0 fully saturated rings. The fourth-order valence-corrected chi connectivity index (χ4v) is 1.48. The van der Waals surface area contributed by atoms with Gasteiger partial charge >= 0.3 is 6.09 Å². The van der Waals surface area contributed by atoms with Crippen molar-refractivity contribution in [1.29, 1.82) is 0 Å². The maximum Gasteiger partial charge on any atom is 0.415 e. The predicted octanol–water partition coefficient (Wildman–Crippen LogP) is 3.02. The molecule has 0 heterocycles. The summed E-state index contributed by atoms with van der Waals surface area (Å²) in [4.78, 5) is 13.0. The number of alkyl halides is 2. The summed E-state index contributed by atoms with van der Waals surface area (Å²) in [5.41, 5.74) is 4.61. The Kier molecular flexibility index (Phi) is 5.05. The van der Waals surface area contributed by atoms with E-state index < -0.39 is 30.7 Å². The molecule has 2 N–H and O–H groups in total. The van der Waals surface area contributed by atoms with Crippen LogP contribution in [0.25, 0.3) is 0 Å². The SMILES string of the molecule is CC(C)(C)OC(=O)N(CC(F)(F)CN)c1ccccc1. The van der Waals surface area contributed by atoms with Crippen LogP contribution in [0.15, 0.2) is 30.3 Å². The van der Waals surface area contributed by atoms with Crippen molar-refractivity contribution in [2.75, 3.05) is 18.0 Å². The third-order valence-electron chi connectivity index (χ3n) is 2.37. The summed E-state index contributed by atoms with van der Waals surface area (Å²) in [5.74, 6) is -3.17. The Balaban J connectivity index is 2.99. The van der Waals surface area contributed by atoms with Gasteiger partial charge in [-0.3, -0.25) is 4.90 Å². The number of benzene rings is 1. The molecule has 0 spiro atoms. The molecule has 0 saturated carbocycles. The lowest BCUT2D eigenvalue weighted by Crippen LogP contribution is -2.46. The van der Waals surface area contributed by atoms with E-state index >= 15 is 0 Å². The number of amides is 1. The van der Waals surface area contributed by atoms with Crippen molar-refractivity contribution in [3.05, 3.63) is 30.3 Å². The summed E-state index contributed by atoms with van der Waals surface area (Å²) >= 11 is 0. The molecule has 6 heteroatoms. The zero-order valence-electron chi connectivity index (χ0n) is 11.9. The Labute approximate surface area is 117 Å². The van der Waals surface area contributed by atoms with Gasteiger partial charge < -0.3 is 10.5 Å². The summed E-state index contributed by atoms with van der Waals surface area (Å²) in [6.07, 6.45) is -0.822. The highest BCUT2D eigenvalue weighted by Gasteiger charge is 2.34. The van der Waals surface area contributed by atoms with Crippen LogP contribution < -0.4 is 10.6 Å². The molecule has 0 atom stereocenters. The minimum Gasteiger partial charge on any atom is -0.443 e. The molecule has 1 amide bonds. The summed E-state index contributed by atoms with van der Waals surface area (Å²) in [7, 11) is 0. The van der Waals surface area contributed by atoms with Crippen LogP contribution in [0.5, 0.6) is 0 Å². The lowest BCUT2D eigenvalue weighted by molar-refractivity contribution is 0.0120. The number of hydrogen-bond acceptors (Lipinski definition) is 3. The second kappa shape index (κ2) is 6.17. The molecule has 0 unspecified atom stereocenters. The normalized spacial score (nSPS) is 12.1. The second-order valence-corrected chi connectivity index (χ2v) is 5.46. The van der Waals surface area contributed by atoms with Gasteiger partial charge in [0.15, 0.2) is 0 Å². The Bertz CT molecular complexity index is 444. The van der Waals surface area contributed by atoms with E-state index in [2.05, 4.69) is 0 Å². The number of ether oxygens (including phenoxy) is 1. The van der Waals surface area contributed by atoms with Gasteiger partial charge in [-0.1, -0.05) is 18.2 Å². The lowest BCUT2D eigenvalue weighted by Gasteiger charge is -2.29. The highest BCUT2D eigenvalue weighted by atomic mass is 19.3. The largest absolute Gasteiger partial charge is 0.443 e. The topological polar surface area (TPSA) is 55.6 Å². The molecular formula is C14H20F2N2O2. The number of nitrogens with two attached hydrogens (primary N) is 1. The van der Waals surface area contributed by atoms with Crippen LogP contribution in [-0.2, 0) is 4.74 Å². The van der Waals surface area contributed by atoms with E-state index in [1.54, 1.807) is 51.1 Å². The van der Waals surface area contributed by atoms with Crippen LogP contribution in [0, 0.1) is 0 Å². The predicted molar refractivity (Wildman–Crippen MR) is 74.0 cm³/mol. The zero-order chi connectivity index (χ0) is 15.4. The molecule has 0 aliphatic rings. The first-order chi connectivity index (χ1) is 9.14. The van der Waals surface area contributed by atoms with Gasteiger partial charge in [-0.05, 0) is 32.9 Å². The van der Waals surface area contributed by atoms with Gasteiger partial charge in [0.1, 0.15) is 5.60 Å². The van der Waals surface area contributed by atoms with E-state index in [1.165, 1.54) is 0 Å². The number of hydrogen-bond donors (Lipinski definition) is 1.